The number of hydrogen-bond acceptors (Lipinski definition) is 4. The first-order chi connectivity index (χ1) is 10.3. The van der Waals surface area contributed by atoms with Crippen LogP contribution in [0.1, 0.15) is 16.6 Å². The lowest BCUT2D eigenvalue weighted by Gasteiger charge is -2.01. The van der Waals surface area contributed by atoms with Crippen molar-refractivity contribution in [3.8, 4) is 20.9 Å². The van der Waals surface area contributed by atoms with Crippen LogP contribution in [-0.4, -0.2) is 12.6 Å². The van der Waals surface area contributed by atoms with Crippen molar-refractivity contribution >= 4 is 28.6 Å². The quantitative estimate of drug-likeness (QED) is 0.609. The molecule has 2 heterocycles. The van der Waals surface area contributed by atoms with E-state index in [2.05, 4.69) is 18.2 Å². The summed E-state index contributed by atoms with van der Waals surface area (Å²) in [6.07, 6.45) is 0. The van der Waals surface area contributed by atoms with Gasteiger partial charge in [-0.1, -0.05) is 36.4 Å². The fourth-order valence-electron chi connectivity index (χ4n) is 2.10. The first-order valence-corrected chi connectivity index (χ1v) is 8.39. The van der Waals surface area contributed by atoms with Crippen LogP contribution in [0.15, 0.2) is 53.9 Å². The van der Waals surface area contributed by atoms with Crippen molar-refractivity contribution in [2.75, 3.05) is 6.61 Å². The first-order valence-electron chi connectivity index (χ1n) is 6.70. The van der Waals surface area contributed by atoms with Crippen molar-refractivity contribution in [1.82, 2.24) is 0 Å². The van der Waals surface area contributed by atoms with Crippen LogP contribution < -0.4 is 0 Å². The SMILES string of the molecule is CCOC(=O)c1sc(-c2ccccc2)cc1-c1cccs1. The highest BCUT2D eigenvalue weighted by atomic mass is 32.1. The van der Waals surface area contributed by atoms with E-state index in [1.165, 1.54) is 11.3 Å². The Labute approximate surface area is 131 Å². The minimum atomic E-state index is -0.243. The van der Waals surface area contributed by atoms with Crippen LogP contribution in [0.25, 0.3) is 20.9 Å². The number of rotatable bonds is 4. The summed E-state index contributed by atoms with van der Waals surface area (Å²) < 4.78 is 5.19. The van der Waals surface area contributed by atoms with Crippen molar-refractivity contribution in [2.45, 2.75) is 6.92 Å². The van der Waals surface area contributed by atoms with Crippen molar-refractivity contribution in [3.63, 3.8) is 0 Å². The number of hydrogen-bond donors (Lipinski definition) is 0. The zero-order chi connectivity index (χ0) is 14.7. The molecule has 1 aromatic carbocycles. The second kappa shape index (κ2) is 6.24. The molecule has 0 unspecified atom stereocenters. The fraction of sp³-hybridized carbons (Fsp3) is 0.118. The van der Waals surface area contributed by atoms with E-state index in [0.717, 1.165) is 20.9 Å². The molecule has 0 spiro atoms. The summed E-state index contributed by atoms with van der Waals surface area (Å²) in [4.78, 5) is 15.1. The Bertz CT molecular complexity index is 728. The van der Waals surface area contributed by atoms with E-state index in [-0.39, 0.29) is 5.97 Å². The highest BCUT2D eigenvalue weighted by Crippen LogP contribution is 2.39. The van der Waals surface area contributed by atoms with Crippen molar-refractivity contribution < 1.29 is 9.53 Å². The summed E-state index contributed by atoms with van der Waals surface area (Å²) in [6, 6.07) is 16.2. The van der Waals surface area contributed by atoms with Crippen LogP contribution in [0.4, 0.5) is 0 Å². The summed E-state index contributed by atoms with van der Waals surface area (Å²) >= 11 is 3.12. The van der Waals surface area contributed by atoms with Crippen LogP contribution >= 0.6 is 22.7 Å². The van der Waals surface area contributed by atoms with E-state index >= 15 is 0 Å². The number of esters is 1. The molecular weight excluding hydrogens is 300 g/mol. The molecule has 0 radical (unpaired) electrons. The summed E-state index contributed by atoms with van der Waals surface area (Å²) in [5.41, 5.74) is 2.09. The maximum absolute atomic E-state index is 12.2. The minimum absolute atomic E-state index is 0.243. The van der Waals surface area contributed by atoms with E-state index in [0.29, 0.717) is 11.5 Å². The van der Waals surface area contributed by atoms with Gasteiger partial charge in [0.2, 0.25) is 0 Å². The van der Waals surface area contributed by atoms with Crippen LogP contribution in [0.3, 0.4) is 0 Å². The Kier molecular flexibility index (Phi) is 4.18. The van der Waals surface area contributed by atoms with Crippen molar-refractivity contribution in [2.24, 2.45) is 0 Å². The molecule has 3 aromatic rings. The summed E-state index contributed by atoms with van der Waals surface area (Å²) in [5, 5.41) is 2.02. The monoisotopic (exact) mass is 314 g/mol. The molecular formula is C17H14O2S2. The molecule has 3 rings (SSSR count). The molecule has 0 saturated heterocycles. The van der Waals surface area contributed by atoms with Gasteiger partial charge in [0.1, 0.15) is 4.88 Å². The van der Waals surface area contributed by atoms with Crippen LogP contribution in [0.5, 0.6) is 0 Å². The standard InChI is InChI=1S/C17H14O2S2/c1-2-19-17(18)16-13(14-9-6-10-20-14)11-15(21-16)12-7-4-3-5-8-12/h3-11H,2H2,1H3. The number of carbonyl (C=O) groups excluding carboxylic acids is 1. The van der Waals surface area contributed by atoms with Gasteiger partial charge in [-0.3, -0.25) is 0 Å². The Morgan fingerprint density at radius 2 is 1.90 bits per heavy atom. The second-order valence-corrected chi connectivity index (χ2v) is 6.42. The van der Waals surface area contributed by atoms with Gasteiger partial charge in [-0.25, -0.2) is 4.79 Å². The Hall–Kier alpha value is -1.91. The van der Waals surface area contributed by atoms with E-state index in [1.807, 2.05) is 42.6 Å². The molecule has 0 atom stereocenters. The highest BCUT2D eigenvalue weighted by Gasteiger charge is 2.19. The Balaban J connectivity index is 2.09. The minimum Gasteiger partial charge on any atom is -0.462 e. The third kappa shape index (κ3) is 2.91. The van der Waals surface area contributed by atoms with Gasteiger partial charge < -0.3 is 4.74 Å². The van der Waals surface area contributed by atoms with Crippen LogP contribution in [-0.2, 0) is 4.74 Å². The molecule has 2 nitrogen and oxygen atoms in total. The third-order valence-electron chi connectivity index (χ3n) is 3.04. The number of ether oxygens (including phenoxy) is 1. The maximum atomic E-state index is 12.2. The smallest absolute Gasteiger partial charge is 0.348 e. The molecule has 0 saturated carbocycles. The van der Waals surface area contributed by atoms with E-state index in [4.69, 9.17) is 4.74 Å². The molecule has 0 bridgehead atoms. The molecule has 0 N–H and O–H groups in total. The topological polar surface area (TPSA) is 26.3 Å². The summed E-state index contributed by atoms with van der Waals surface area (Å²) in [7, 11) is 0. The van der Waals surface area contributed by atoms with Gasteiger partial charge >= 0.3 is 5.97 Å². The lowest BCUT2D eigenvalue weighted by Crippen LogP contribution is -2.03. The van der Waals surface area contributed by atoms with Gasteiger partial charge in [0.25, 0.3) is 0 Å². The van der Waals surface area contributed by atoms with Gasteiger partial charge in [-0.2, -0.15) is 0 Å². The Morgan fingerprint density at radius 3 is 2.57 bits per heavy atom. The fourth-order valence-corrected chi connectivity index (χ4v) is 3.98. The highest BCUT2D eigenvalue weighted by molar-refractivity contribution is 7.19. The third-order valence-corrected chi connectivity index (χ3v) is 5.11. The van der Waals surface area contributed by atoms with Gasteiger partial charge in [0.15, 0.2) is 0 Å². The lowest BCUT2D eigenvalue weighted by atomic mass is 10.1. The molecule has 0 amide bonds. The molecule has 21 heavy (non-hydrogen) atoms. The molecule has 106 valence electrons. The average molecular weight is 314 g/mol. The van der Waals surface area contributed by atoms with E-state index in [9.17, 15) is 4.79 Å². The molecule has 0 aliphatic heterocycles. The predicted molar refractivity (Wildman–Crippen MR) is 89.0 cm³/mol. The predicted octanol–water partition coefficient (Wildman–Crippen LogP) is 5.32. The van der Waals surface area contributed by atoms with E-state index in [1.54, 1.807) is 11.3 Å². The lowest BCUT2D eigenvalue weighted by molar-refractivity contribution is 0.0533. The Morgan fingerprint density at radius 1 is 1.10 bits per heavy atom. The number of carbonyl (C=O) groups is 1. The van der Waals surface area contributed by atoms with Crippen LogP contribution in [0, 0.1) is 0 Å². The maximum Gasteiger partial charge on any atom is 0.348 e. The van der Waals surface area contributed by atoms with Crippen molar-refractivity contribution in [1.29, 1.82) is 0 Å². The van der Waals surface area contributed by atoms with Crippen molar-refractivity contribution in [3.05, 3.63) is 58.8 Å². The normalized spacial score (nSPS) is 10.5. The zero-order valence-corrected chi connectivity index (χ0v) is 13.2. The molecule has 0 aliphatic carbocycles. The number of thiophene rings is 2. The summed E-state index contributed by atoms with van der Waals surface area (Å²) in [5.74, 6) is -0.243. The van der Waals surface area contributed by atoms with Gasteiger partial charge in [0.05, 0.1) is 6.61 Å². The van der Waals surface area contributed by atoms with Gasteiger partial charge in [0, 0.05) is 15.3 Å². The zero-order valence-electron chi connectivity index (χ0n) is 11.5. The molecule has 0 aliphatic rings. The molecule has 2 aromatic heterocycles. The first kappa shape index (κ1) is 14.0. The number of benzene rings is 1. The largest absolute Gasteiger partial charge is 0.462 e. The average Bonchev–Trinajstić information content (AvgIpc) is 3.17. The van der Waals surface area contributed by atoms with Crippen LogP contribution in [0.2, 0.25) is 0 Å². The van der Waals surface area contributed by atoms with E-state index < -0.39 is 0 Å². The molecule has 4 heteroatoms. The van der Waals surface area contributed by atoms with Gasteiger partial charge in [-0.15, -0.1) is 22.7 Å². The second-order valence-electron chi connectivity index (χ2n) is 4.42. The van der Waals surface area contributed by atoms with Gasteiger partial charge in [-0.05, 0) is 30.0 Å². The summed E-state index contributed by atoms with van der Waals surface area (Å²) in [6.45, 7) is 2.22. The molecule has 0 fully saturated rings.